The van der Waals surface area contributed by atoms with Gasteiger partial charge in [0, 0.05) is 5.57 Å². The highest BCUT2D eigenvalue weighted by atomic mass is 16.5. The fourth-order valence-electron chi connectivity index (χ4n) is 2.99. The van der Waals surface area contributed by atoms with Crippen molar-refractivity contribution in [2.45, 2.75) is 26.4 Å². The Hall–Kier alpha value is -2.65. The summed E-state index contributed by atoms with van der Waals surface area (Å²) in [4.78, 5) is 12.5. The third-order valence-corrected chi connectivity index (χ3v) is 4.14. The van der Waals surface area contributed by atoms with E-state index in [1.54, 1.807) is 0 Å². The molecular formula is C22H22O3. The summed E-state index contributed by atoms with van der Waals surface area (Å²) >= 11 is 0. The van der Waals surface area contributed by atoms with Crippen LogP contribution in [0.3, 0.4) is 0 Å². The van der Waals surface area contributed by atoms with Crippen LogP contribution in [0.15, 0.2) is 77.6 Å². The van der Waals surface area contributed by atoms with Gasteiger partial charge >= 0.3 is 5.97 Å². The Morgan fingerprint density at radius 3 is 2.20 bits per heavy atom. The largest absolute Gasteiger partial charge is 0.423 e. The molecule has 3 rings (SSSR count). The molecule has 1 unspecified atom stereocenters. The van der Waals surface area contributed by atoms with Crippen LogP contribution in [0.2, 0.25) is 0 Å². The van der Waals surface area contributed by atoms with E-state index in [4.69, 9.17) is 4.74 Å². The number of allylic oxidation sites excluding steroid dienone is 1. The number of hydrogen-bond acceptors (Lipinski definition) is 3. The Morgan fingerprint density at radius 2 is 1.60 bits per heavy atom. The van der Waals surface area contributed by atoms with Crippen molar-refractivity contribution in [3.05, 3.63) is 88.7 Å². The lowest BCUT2D eigenvalue weighted by Crippen LogP contribution is -2.10. The summed E-state index contributed by atoms with van der Waals surface area (Å²) < 4.78 is 5.52. The van der Waals surface area contributed by atoms with Crippen molar-refractivity contribution >= 4 is 12.0 Å². The molecule has 25 heavy (non-hydrogen) atoms. The van der Waals surface area contributed by atoms with Crippen LogP contribution in [0.5, 0.6) is 0 Å². The van der Waals surface area contributed by atoms with Crippen LogP contribution in [-0.4, -0.2) is 11.1 Å². The van der Waals surface area contributed by atoms with Crippen molar-refractivity contribution in [2.75, 3.05) is 0 Å². The summed E-state index contributed by atoms with van der Waals surface area (Å²) in [6, 6.07) is 19.0. The number of aliphatic hydroxyl groups excluding tert-OH is 1. The summed E-state index contributed by atoms with van der Waals surface area (Å²) in [5, 5.41) is 10.8. The molecule has 0 radical (unpaired) electrons. The molecule has 0 fully saturated rings. The zero-order valence-corrected chi connectivity index (χ0v) is 14.5. The number of carbonyl (C=O) groups excluding carboxylic acids is 1. The van der Waals surface area contributed by atoms with E-state index in [9.17, 15) is 9.90 Å². The summed E-state index contributed by atoms with van der Waals surface area (Å²) in [5.74, 6) is 0.408. The molecule has 2 aromatic carbocycles. The molecule has 1 N–H and O–H groups in total. The van der Waals surface area contributed by atoms with Gasteiger partial charge in [-0.1, -0.05) is 74.5 Å². The van der Waals surface area contributed by atoms with Crippen LogP contribution in [0.4, 0.5) is 0 Å². The van der Waals surface area contributed by atoms with Crippen molar-refractivity contribution in [3.63, 3.8) is 0 Å². The summed E-state index contributed by atoms with van der Waals surface area (Å²) in [6.45, 7) is 4.17. The number of cyclic esters (lactones) is 1. The van der Waals surface area contributed by atoms with Crippen LogP contribution < -0.4 is 0 Å². The Labute approximate surface area is 148 Å². The molecule has 2 aromatic rings. The smallest absolute Gasteiger partial charge is 0.342 e. The van der Waals surface area contributed by atoms with Gasteiger partial charge in [0.15, 0.2) is 0 Å². The lowest BCUT2D eigenvalue weighted by molar-refractivity contribution is -0.134. The van der Waals surface area contributed by atoms with E-state index in [1.165, 1.54) is 0 Å². The van der Waals surface area contributed by atoms with Crippen LogP contribution in [-0.2, 0) is 9.53 Å². The lowest BCUT2D eigenvalue weighted by Gasteiger charge is -2.13. The SMILES string of the molecule is CC(C)CC1=C(C(O)c2ccccc2)C(=O)O/C1=C/c1ccccc1. The number of aliphatic hydroxyl groups is 1. The normalized spacial score (nSPS) is 17.3. The third kappa shape index (κ3) is 3.89. The second-order valence-electron chi connectivity index (χ2n) is 6.61. The number of ether oxygens (including phenoxy) is 1. The fraction of sp³-hybridized carbons (Fsp3) is 0.227. The van der Waals surface area contributed by atoms with Crippen LogP contribution in [0.1, 0.15) is 37.5 Å². The molecule has 1 aliphatic rings. The van der Waals surface area contributed by atoms with Gasteiger partial charge in [0.25, 0.3) is 0 Å². The quantitative estimate of drug-likeness (QED) is 0.809. The third-order valence-electron chi connectivity index (χ3n) is 4.14. The van der Waals surface area contributed by atoms with Gasteiger partial charge in [0.1, 0.15) is 11.9 Å². The average molecular weight is 334 g/mol. The van der Waals surface area contributed by atoms with E-state index in [2.05, 4.69) is 13.8 Å². The predicted molar refractivity (Wildman–Crippen MR) is 98.4 cm³/mol. The first-order chi connectivity index (χ1) is 12.1. The minimum atomic E-state index is -0.982. The van der Waals surface area contributed by atoms with Gasteiger partial charge in [-0.25, -0.2) is 4.79 Å². The Kier molecular flexibility index (Phi) is 5.15. The molecule has 0 aliphatic carbocycles. The second-order valence-corrected chi connectivity index (χ2v) is 6.61. The molecule has 0 bridgehead atoms. The van der Waals surface area contributed by atoms with Gasteiger partial charge in [-0.3, -0.25) is 0 Å². The van der Waals surface area contributed by atoms with E-state index in [1.807, 2.05) is 66.7 Å². The average Bonchev–Trinajstić information content (AvgIpc) is 2.90. The van der Waals surface area contributed by atoms with E-state index in [0.29, 0.717) is 29.2 Å². The van der Waals surface area contributed by atoms with Gasteiger partial charge < -0.3 is 9.84 Å². The molecule has 0 saturated heterocycles. The summed E-state index contributed by atoms with van der Waals surface area (Å²) in [6.07, 6.45) is 1.55. The lowest BCUT2D eigenvalue weighted by atomic mass is 9.92. The van der Waals surface area contributed by atoms with Crippen LogP contribution in [0.25, 0.3) is 6.08 Å². The molecule has 0 spiro atoms. The minimum Gasteiger partial charge on any atom is -0.423 e. The van der Waals surface area contributed by atoms with Gasteiger partial charge in [-0.15, -0.1) is 0 Å². The monoisotopic (exact) mass is 334 g/mol. The van der Waals surface area contributed by atoms with E-state index in [-0.39, 0.29) is 0 Å². The molecule has 0 amide bonds. The zero-order chi connectivity index (χ0) is 17.8. The van der Waals surface area contributed by atoms with Crippen molar-refractivity contribution in [1.29, 1.82) is 0 Å². The first kappa shape index (κ1) is 17.2. The number of benzene rings is 2. The minimum absolute atomic E-state index is 0.335. The molecule has 3 heteroatoms. The van der Waals surface area contributed by atoms with E-state index >= 15 is 0 Å². The van der Waals surface area contributed by atoms with E-state index < -0.39 is 12.1 Å². The number of esters is 1. The Balaban J connectivity index is 2.05. The molecule has 1 aliphatic heterocycles. The Morgan fingerprint density at radius 1 is 1.00 bits per heavy atom. The van der Waals surface area contributed by atoms with Gasteiger partial charge in [-0.2, -0.15) is 0 Å². The van der Waals surface area contributed by atoms with Gasteiger partial charge in [-0.05, 0) is 29.5 Å². The first-order valence-electron chi connectivity index (χ1n) is 8.51. The van der Waals surface area contributed by atoms with Gasteiger partial charge in [0.05, 0.1) is 5.57 Å². The summed E-state index contributed by atoms with van der Waals surface area (Å²) in [7, 11) is 0. The predicted octanol–water partition coefficient (Wildman–Crippen LogP) is 4.66. The molecular weight excluding hydrogens is 312 g/mol. The van der Waals surface area contributed by atoms with Crippen molar-refractivity contribution in [2.24, 2.45) is 5.92 Å². The number of carbonyl (C=O) groups is 1. The zero-order valence-electron chi connectivity index (χ0n) is 14.5. The van der Waals surface area contributed by atoms with Crippen LogP contribution in [0, 0.1) is 5.92 Å². The molecule has 128 valence electrons. The topological polar surface area (TPSA) is 46.5 Å². The highest BCUT2D eigenvalue weighted by Gasteiger charge is 2.35. The second kappa shape index (κ2) is 7.49. The van der Waals surface area contributed by atoms with Crippen molar-refractivity contribution in [1.82, 2.24) is 0 Å². The van der Waals surface area contributed by atoms with Gasteiger partial charge in [0.2, 0.25) is 0 Å². The fourth-order valence-corrected chi connectivity index (χ4v) is 2.99. The molecule has 1 atom stereocenters. The maximum absolute atomic E-state index is 12.5. The molecule has 1 heterocycles. The molecule has 0 aromatic heterocycles. The van der Waals surface area contributed by atoms with Crippen molar-refractivity contribution in [3.8, 4) is 0 Å². The van der Waals surface area contributed by atoms with Crippen molar-refractivity contribution < 1.29 is 14.6 Å². The standard InChI is InChI=1S/C22H22O3/c1-15(2)13-18-19(14-16-9-5-3-6-10-16)25-22(24)20(18)21(23)17-11-7-4-8-12-17/h3-12,14-15,21,23H,13H2,1-2H3/b19-14+. The summed E-state index contributed by atoms with van der Waals surface area (Å²) in [5.41, 5.74) is 2.79. The number of rotatable bonds is 5. The molecule has 3 nitrogen and oxygen atoms in total. The van der Waals surface area contributed by atoms with Crippen LogP contribution >= 0.6 is 0 Å². The first-order valence-corrected chi connectivity index (χ1v) is 8.51. The highest BCUT2D eigenvalue weighted by Crippen LogP contribution is 2.38. The Bertz CT molecular complexity index is 802. The number of hydrogen-bond donors (Lipinski definition) is 1. The maximum Gasteiger partial charge on any atom is 0.342 e. The maximum atomic E-state index is 12.5. The van der Waals surface area contributed by atoms with E-state index in [0.717, 1.165) is 11.1 Å². The highest BCUT2D eigenvalue weighted by molar-refractivity contribution is 5.96. The molecule has 0 saturated carbocycles.